The van der Waals surface area contributed by atoms with E-state index in [1.807, 2.05) is 25.1 Å². The van der Waals surface area contributed by atoms with Crippen LogP contribution in [0.25, 0.3) is 11.4 Å². The maximum atomic E-state index is 5.53. The molecule has 6 nitrogen and oxygen atoms in total. The summed E-state index contributed by atoms with van der Waals surface area (Å²) >= 11 is 0. The molecule has 1 aliphatic heterocycles. The summed E-state index contributed by atoms with van der Waals surface area (Å²) in [5, 5.41) is 4.11. The summed E-state index contributed by atoms with van der Waals surface area (Å²) in [6.07, 6.45) is 2.32. The molecule has 6 heteroatoms. The minimum atomic E-state index is 0.569. The molecule has 0 saturated carbocycles. The van der Waals surface area contributed by atoms with Crippen LogP contribution in [0.3, 0.4) is 0 Å². The number of piperidine rings is 1. The van der Waals surface area contributed by atoms with Crippen molar-refractivity contribution in [3.63, 3.8) is 0 Å². The number of methoxy groups -OCH3 is 1. The van der Waals surface area contributed by atoms with Crippen LogP contribution in [0.15, 0.2) is 22.7 Å². The number of hydrogen-bond acceptors (Lipinski definition) is 6. The van der Waals surface area contributed by atoms with Gasteiger partial charge in [-0.2, -0.15) is 4.98 Å². The number of rotatable bonds is 5. The Morgan fingerprint density at radius 1 is 1.26 bits per heavy atom. The molecule has 1 aliphatic rings. The molecule has 0 N–H and O–H groups in total. The van der Waals surface area contributed by atoms with Gasteiger partial charge in [0, 0.05) is 18.7 Å². The second kappa shape index (κ2) is 6.89. The molecule has 0 spiro atoms. The highest BCUT2D eigenvalue weighted by molar-refractivity contribution is 5.61. The second-order valence-electron chi connectivity index (χ2n) is 5.87. The molecule has 1 fully saturated rings. The second-order valence-corrected chi connectivity index (χ2v) is 5.87. The van der Waals surface area contributed by atoms with E-state index < -0.39 is 0 Å². The third kappa shape index (κ3) is 3.41. The zero-order valence-electron chi connectivity index (χ0n) is 13.9. The van der Waals surface area contributed by atoms with Crippen LogP contribution >= 0.6 is 0 Å². The molecule has 2 heterocycles. The van der Waals surface area contributed by atoms with Crippen molar-refractivity contribution in [2.24, 2.45) is 5.92 Å². The van der Waals surface area contributed by atoms with Gasteiger partial charge < -0.3 is 18.9 Å². The molecule has 124 valence electrons. The first-order chi connectivity index (χ1) is 11.2. The van der Waals surface area contributed by atoms with Crippen LogP contribution in [0.1, 0.15) is 26.7 Å². The fourth-order valence-corrected chi connectivity index (χ4v) is 2.74. The molecule has 3 rings (SSSR count). The van der Waals surface area contributed by atoms with E-state index in [4.69, 9.17) is 14.0 Å². The SMILES string of the molecule is CCOc1ccc(-c2noc(N3CCC(C)CC3)n2)cc1OC. The van der Waals surface area contributed by atoms with Crippen molar-refractivity contribution in [3.05, 3.63) is 18.2 Å². The topological polar surface area (TPSA) is 60.6 Å². The van der Waals surface area contributed by atoms with E-state index in [9.17, 15) is 0 Å². The summed E-state index contributed by atoms with van der Waals surface area (Å²) in [7, 11) is 1.62. The highest BCUT2D eigenvalue weighted by atomic mass is 16.5. The molecular formula is C17H23N3O3. The monoisotopic (exact) mass is 317 g/mol. The van der Waals surface area contributed by atoms with E-state index >= 15 is 0 Å². The quantitative estimate of drug-likeness (QED) is 0.842. The number of nitrogens with zero attached hydrogens (tertiary/aromatic N) is 3. The minimum absolute atomic E-state index is 0.569. The number of ether oxygens (including phenoxy) is 2. The summed E-state index contributed by atoms with van der Waals surface area (Å²) in [5.74, 6) is 2.72. The van der Waals surface area contributed by atoms with Crippen molar-refractivity contribution in [2.45, 2.75) is 26.7 Å². The molecule has 0 radical (unpaired) electrons. The lowest BCUT2D eigenvalue weighted by molar-refractivity contribution is 0.311. The molecule has 1 aromatic heterocycles. The molecule has 1 aromatic carbocycles. The summed E-state index contributed by atoms with van der Waals surface area (Å²) in [4.78, 5) is 6.69. The Balaban J connectivity index is 1.80. The van der Waals surface area contributed by atoms with Gasteiger partial charge in [-0.05, 0) is 43.9 Å². The Hall–Kier alpha value is -2.24. The Labute approximate surface area is 136 Å². The van der Waals surface area contributed by atoms with Gasteiger partial charge in [0.2, 0.25) is 5.82 Å². The van der Waals surface area contributed by atoms with Crippen molar-refractivity contribution >= 4 is 6.01 Å². The van der Waals surface area contributed by atoms with Crippen LogP contribution in [0.5, 0.6) is 11.5 Å². The van der Waals surface area contributed by atoms with Crippen molar-refractivity contribution < 1.29 is 14.0 Å². The van der Waals surface area contributed by atoms with Crippen LogP contribution in [-0.4, -0.2) is 36.9 Å². The van der Waals surface area contributed by atoms with Gasteiger partial charge in [0.1, 0.15) is 0 Å². The van der Waals surface area contributed by atoms with Gasteiger partial charge >= 0.3 is 6.01 Å². The summed E-state index contributed by atoms with van der Waals surface area (Å²) in [6.45, 7) is 6.75. The summed E-state index contributed by atoms with van der Waals surface area (Å²) < 4.78 is 16.3. The fourth-order valence-electron chi connectivity index (χ4n) is 2.74. The fraction of sp³-hybridized carbons (Fsp3) is 0.529. The number of benzene rings is 1. The maximum absolute atomic E-state index is 5.53. The van der Waals surface area contributed by atoms with E-state index in [1.165, 1.54) is 0 Å². The number of aromatic nitrogens is 2. The Morgan fingerprint density at radius 3 is 2.74 bits per heavy atom. The van der Waals surface area contributed by atoms with E-state index in [-0.39, 0.29) is 0 Å². The lowest BCUT2D eigenvalue weighted by Gasteiger charge is -2.28. The molecule has 0 amide bonds. The Kier molecular flexibility index (Phi) is 4.69. The van der Waals surface area contributed by atoms with Gasteiger partial charge in [0.15, 0.2) is 11.5 Å². The first-order valence-electron chi connectivity index (χ1n) is 8.11. The highest BCUT2D eigenvalue weighted by Gasteiger charge is 2.21. The normalized spacial score (nSPS) is 15.7. The van der Waals surface area contributed by atoms with Crippen LogP contribution < -0.4 is 14.4 Å². The number of hydrogen-bond donors (Lipinski definition) is 0. The first kappa shape index (κ1) is 15.6. The van der Waals surface area contributed by atoms with E-state index in [1.54, 1.807) is 7.11 Å². The lowest BCUT2D eigenvalue weighted by Crippen LogP contribution is -2.32. The Bertz CT molecular complexity index is 648. The molecule has 1 saturated heterocycles. The average molecular weight is 317 g/mol. The number of anilines is 1. The molecule has 23 heavy (non-hydrogen) atoms. The third-order valence-corrected chi connectivity index (χ3v) is 4.19. The molecular weight excluding hydrogens is 294 g/mol. The smallest absolute Gasteiger partial charge is 0.324 e. The zero-order valence-corrected chi connectivity index (χ0v) is 13.9. The van der Waals surface area contributed by atoms with Crippen molar-refractivity contribution in [1.82, 2.24) is 10.1 Å². The minimum Gasteiger partial charge on any atom is -0.493 e. The van der Waals surface area contributed by atoms with Crippen molar-refractivity contribution in [2.75, 3.05) is 31.7 Å². The molecule has 0 atom stereocenters. The van der Waals surface area contributed by atoms with Crippen molar-refractivity contribution in [3.8, 4) is 22.9 Å². The summed E-state index contributed by atoms with van der Waals surface area (Å²) in [6, 6.07) is 6.26. The Morgan fingerprint density at radius 2 is 2.04 bits per heavy atom. The molecule has 0 bridgehead atoms. The van der Waals surface area contributed by atoms with Gasteiger partial charge in [-0.3, -0.25) is 0 Å². The van der Waals surface area contributed by atoms with Gasteiger partial charge in [-0.25, -0.2) is 0 Å². The van der Waals surface area contributed by atoms with Gasteiger partial charge in [-0.15, -0.1) is 0 Å². The van der Waals surface area contributed by atoms with Crippen LogP contribution in [0.2, 0.25) is 0 Å². The van der Waals surface area contributed by atoms with E-state index in [0.717, 1.165) is 37.4 Å². The summed E-state index contributed by atoms with van der Waals surface area (Å²) in [5.41, 5.74) is 0.852. The third-order valence-electron chi connectivity index (χ3n) is 4.19. The molecule has 2 aromatic rings. The molecule has 0 unspecified atom stereocenters. The zero-order chi connectivity index (χ0) is 16.2. The van der Waals surface area contributed by atoms with Crippen LogP contribution in [0, 0.1) is 5.92 Å². The predicted molar refractivity (Wildman–Crippen MR) is 88.1 cm³/mol. The van der Waals surface area contributed by atoms with E-state index in [2.05, 4.69) is 22.0 Å². The average Bonchev–Trinajstić information content (AvgIpc) is 3.06. The van der Waals surface area contributed by atoms with Crippen LogP contribution in [0.4, 0.5) is 6.01 Å². The van der Waals surface area contributed by atoms with Gasteiger partial charge in [0.05, 0.1) is 13.7 Å². The predicted octanol–water partition coefficient (Wildman–Crippen LogP) is 3.38. The highest BCUT2D eigenvalue weighted by Crippen LogP contribution is 2.32. The lowest BCUT2D eigenvalue weighted by atomic mass is 10.00. The standard InChI is InChI=1S/C17H23N3O3/c1-4-22-14-6-5-13(11-15(14)21-3)16-18-17(23-19-16)20-9-7-12(2)8-10-20/h5-6,11-12H,4,7-10H2,1-3H3. The molecule has 0 aliphatic carbocycles. The van der Waals surface area contributed by atoms with Gasteiger partial charge in [-0.1, -0.05) is 12.1 Å². The van der Waals surface area contributed by atoms with Gasteiger partial charge in [0.25, 0.3) is 0 Å². The van der Waals surface area contributed by atoms with Crippen molar-refractivity contribution in [1.29, 1.82) is 0 Å². The van der Waals surface area contributed by atoms with E-state index in [0.29, 0.717) is 29.9 Å². The first-order valence-corrected chi connectivity index (χ1v) is 8.11. The van der Waals surface area contributed by atoms with Crippen LogP contribution in [-0.2, 0) is 0 Å². The largest absolute Gasteiger partial charge is 0.493 e. The maximum Gasteiger partial charge on any atom is 0.324 e.